The minimum absolute atomic E-state index is 0.234. The summed E-state index contributed by atoms with van der Waals surface area (Å²) in [4.78, 5) is 12.1. The van der Waals surface area contributed by atoms with Crippen LogP contribution in [0.15, 0.2) is 36.4 Å². The summed E-state index contributed by atoms with van der Waals surface area (Å²) in [5, 5.41) is 3.45. The molecule has 0 saturated heterocycles. The molecule has 0 aliphatic rings. The van der Waals surface area contributed by atoms with E-state index in [1.54, 1.807) is 0 Å². The van der Waals surface area contributed by atoms with Crippen molar-refractivity contribution in [3.63, 3.8) is 0 Å². The molecule has 0 radical (unpaired) electrons. The first kappa shape index (κ1) is 14.7. The number of halogens is 2. The molecule has 2 rings (SSSR count). The molecule has 5 heteroatoms. The van der Waals surface area contributed by atoms with E-state index in [4.69, 9.17) is 28.9 Å². The van der Waals surface area contributed by atoms with E-state index in [1.807, 2.05) is 31.2 Å². The summed E-state index contributed by atoms with van der Waals surface area (Å²) in [6.45, 7) is 2.43. The van der Waals surface area contributed by atoms with Gasteiger partial charge in [-0.05, 0) is 24.6 Å². The number of amides is 1. The van der Waals surface area contributed by atoms with E-state index in [2.05, 4.69) is 5.32 Å². The van der Waals surface area contributed by atoms with Gasteiger partial charge in [-0.25, -0.2) is 0 Å². The van der Waals surface area contributed by atoms with Crippen LogP contribution in [0, 0.1) is 6.92 Å². The first-order valence-corrected chi connectivity index (χ1v) is 6.81. The van der Waals surface area contributed by atoms with Crippen LogP contribution in [0.2, 0.25) is 10.0 Å². The predicted octanol–water partition coefficient (Wildman–Crippen LogP) is 3.81. The molecule has 2 aromatic rings. The molecule has 0 aromatic heterocycles. The van der Waals surface area contributed by atoms with Crippen LogP contribution in [0.4, 0.5) is 5.69 Å². The number of rotatable bonds is 3. The third kappa shape index (κ3) is 3.44. The third-order valence-electron chi connectivity index (χ3n) is 2.91. The number of hydrogen-bond donors (Lipinski definition) is 2. The molecule has 1 amide bonds. The highest BCUT2D eigenvalue weighted by Crippen LogP contribution is 2.27. The van der Waals surface area contributed by atoms with Gasteiger partial charge in [-0.2, -0.15) is 0 Å². The molecule has 0 fully saturated rings. The first-order chi connectivity index (χ1) is 9.47. The van der Waals surface area contributed by atoms with Crippen molar-refractivity contribution in [2.75, 3.05) is 5.73 Å². The molecule has 0 aliphatic carbocycles. The largest absolute Gasteiger partial charge is 0.397 e. The maximum atomic E-state index is 12.1. The van der Waals surface area contributed by atoms with E-state index in [9.17, 15) is 4.79 Å². The lowest BCUT2D eigenvalue weighted by molar-refractivity contribution is 0.0952. The van der Waals surface area contributed by atoms with Crippen molar-refractivity contribution in [1.29, 1.82) is 0 Å². The second-order valence-corrected chi connectivity index (χ2v) is 5.36. The van der Waals surface area contributed by atoms with Crippen molar-refractivity contribution in [2.45, 2.75) is 13.5 Å². The summed E-state index contributed by atoms with van der Waals surface area (Å²) in [5.41, 5.74) is 8.49. The van der Waals surface area contributed by atoms with Crippen LogP contribution in [0.5, 0.6) is 0 Å². The summed E-state index contributed by atoms with van der Waals surface area (Å²) in [6.07, 6.45) is 0. The normalized spacial score (nSPS) is 10.3. The Morgan fingerprint density at radius 3 is 2.50 bits per heavy atom. The average molecular weight is 309 g/mol. The number of nitrogens with one attached hydrogen (secondary N) is 1. The van der Waals surface area contributed by atoms with Crippen molar-refractivity contribution in [2.24, 2.45) is 0 Å². The number of benzene rings is 2. The number of nitrogen functional groups attached to an aromatic ring is 1. The minimum Gasteiger partial charge on any atom is -0.397 e. The zero-order valence-electron chi connectivity index (χ0n) is 10.9. The van der Waals surface area contributed by atoms with E-state index in [1.165, 1.54) is 17.7 Å². The van der Waals surface area contributed by atoms with E-state index in [-0.39, 0.29) is 22.2 Å². The van der Waals surface area contributed by atoms with Crippen LogP contribution in [-0.2, 0) is 6.54 Å². The molecule has 0 aliphatic heterocycles. The van der Waals surface area contributed by atoms with Gasteiger partial charge >= 0.3 is 0 Å². The van der Waals surface area contributed by atoms with E-state index < -0.39 is 0 Å². The molecule has 104 valence electrons. The smallest absolute Gasteiger partial charge is 0.253 e. The van der Waals surface area contributed by atoms with Gasteiger partial charge in [0, 0.05) is 11.6 Å². The summed E-state index contributed by atoms with van der Waals surface area (Å²) in [7, 11) is 0. The highest BCUT2D eigenvalue weighted by Gasteiger charge is 2.13. The van der Waals surface area contributed by atoms with Gasteiger partial charge in [-0.3, -0.25) is 4.79 Å². The molecule has 20 heavy (non-hydrogen) atoms. The monoisotopic (exact) mass is 308 g/mol. The lowest BCUT2D eigenvalue weighted by atomic mass is 10.1. The quantitative estimate of drug-likeness (QED) is 0.847. The molecule has 3 N–H and O–H groups in total. The zero-order chi connectivity index (χ0) is 14.7. The summed E-state index contributed by atoms with van der Waals surface area (Å²) < 4.78 is 0. The molecule has 3 nitrogen and oxygen atoms in total. The summed E-state index contributed by atoms with van der Waals surface area (Å²) in [5.74, 6) is -0.299. The second-order valence-electron chi connectivity index (χ2n) is 4.52. The van der Waals surface area contributed by atoms with E-state index in [0.29, 0.717) is 11.6 Å². The third-order valence-corrected chi connectivity index (χ3v) is 3.44. The van der Waals surface area contributed by atoms with Gasteiger partial charge in [0.05, 0.1) is 16.3 Å². The number of nitrogens with two attached hydrogens (primary N) is 1. The fourth-order valence-corrected chi connectivity index (χ4v) is 2.25. The Labute approximate surface area is 127 Å². The van der Waals surface area contributed by atoms with Crippen LogP contribution in [-0.4, -0.2) is 5.91 Å². The Morgan fingerprint density at radius 1 is 1.20 bits per heavy atom. The van der Waals surface area contributed by atoms with Crippen LogP contribution < -0.4 is 11.1 Å². The minimum atomic E-state index is -0.299. The van der Waals surface area contributed by atoms with Gasteiger partial charge in [-0.1, -0.05) is 53.0 Å². The predicted molar refractivity (Wildman–Crippen MR) is 83.2 cm³/mol. The first-order valence-electron chi connectivity index (χ1n) is 6.05. The Kier molecular flexibility index (Phi) is 4.53. The molecule has 0 heterocycles. The summed E-state index contributed by atoms with van der Waals surface area (Å²) >= 11 is 11.8. The maximum absolute atomic E-state index is 12.1. The number of anilines is 1. The molecule has 0 spiro atoms. The molecule has 0 atom stereocenters. The van der Waals surface area contributed by atoms with Crippen LogP contribution in [0.25, 0.3) is 0 Å². The molecular formula is C15H14Cl2N2O. The zero-order valence-corrected chi connectivity index (χ0v) is 12.4. The van der Waals surface area contributed by atoms with E-state index >= 15 is 0 Å². The second kappa shape index (κ2) is 6.16. The van der Waals surface area contributed by atoms with Gasteiger partial charge in [0.25, 0.3) is 5.91 Å². The molecule has 2 aromatic carbocycles. The summed E-state index contributed by atoms with van der Waals surface area (Å²) in [6, 6.07) is 10.9. The standard InChI is InChI=1S/C15H14Cl2N2O/c1-9-2-4-10(5-3-9)8-19-15(20)12-6-11(16)7-13(17)14(12)18/h2-7H,8,18H2,1H3,(H,19,20). The van der Waals surface area contributed by atoms with Crippen molar-refractivity contribution in [3.8, 4) is 0 Å². The fourth-order valence-electron chi connectivity index (χ4n) is 1.76. The van der Waals surface area contributed by atoms with Gasteiger partial charge < -0.3 is 11.1 Å². The highest BCUT2D eigenvalue weighted by molar-refractivity contribution is 6.37. The Bertz CT molecular complexity index is 639. The topological polar surface area (TPSA) is 55.1 Å². The lowest BCUT2D eigenvalue weighted by Crippen LogP contribution is -2.23. The Balaban J connectivity index is 2.11. The van der Waals surface area contributed by atoms with Crippen LogP contribution >= 0.6 is 23.2 Å². The SMILES string of the molecule is Cc1ccc(CNC(=O)c2cc(Cl)cc(Cl)c2N)cc1. The fraction of sp³-hybridized carbons (Fsp3) is 0.133. The highest BCUT2D eigenvalue weighted by atomic mass is 35.5. The van der Waals surface area contributed by atoms with Gasteiger partial charge in [-0.15, -0.1) is 0 Å². The Hall–Kier alpha value is -1.71. The van der Waals surface area contributed by atoms with Gasteiger partial charge in [0.2, 0.25) is 0 Å². The van der Waals surface area contributed by atoms with Crippen molar-refractivity contribution < 1.29 is 4.79 Å². The molecular weight excluding hydrogens is 295 g/mol. The van der Waals surface area contributed by atoms with Crippen molar-refractivity contribution >= 4 is 34.8 Å². The van der Waals surface area contributed by atoms with Gasteiger partial charge in [0.15, 0.2) is 0 Å². The molecule has 0 bridgehead atoms. The maximum Gasteiger partial charge on any atom is 0.253 e. The number of carbonyl (C=O) groups is 1. The van der Waals surface area contributed by atoms with Crippen molar-refractivity contribution in [3.05, 3.63) is 63.1 Å². The molecule has 0 unspecified atom stereocenters. The number of carbonyl (C=O) groups excluding carboxylic acids is 1. The van der Waals surface area contributed by atoms with E-state index in [0.717, 1.165) is 5.56 Å². The Morgan fingerprint density at radius 2 is 1.85 bits per heavy atom. The van der Waals surface area contributed by atoms with Gasteiger partial charge in [0.1, 0.15) is 0 Å². The molecule has 0 saturated carbocycles. The van der Waals surface area contributed by atoms with Crippen molar-refractivity contribution in [1.82, 2.24) is 5.32 Å². The number of aryl methyl sites for hydroxylation is 1. The van der Waals surface area contributed by atoms with Crippen LogP contribution in [0.1, 0.15) is 21.5 Å². The number of hydrogen-bond acceptors (Lipinski definition) is 2. The van der Waals surface area contributed by atoms with Crippen LogP contribution in [0.3, 0.4) is 0 Å². The average Bonchev–Trinajstić information content (AvgIpc) is 2.42. The lowest BCUT2D eigenvalue weighted by Gasteiger charge is -2.09.